The number of guanidine groups is 1. The molecule has 154 valence electrons. The van der Waals surface area contributed by atoms with Crippen LogP contribution in [0.3, 0.4) is 0 Å². The number of nitrogens with zero attached hydrogens (tertiary/aromatic N) is 3. The molecule has 0 aliphatic rings. The van der Waals surface area contributed by atoms with E-state index in [0.29, 0.717) is 12.3 Å². The Kier molecular flexibility index (Phi) is 7.33. The van der Waals surface area contributed by atoms with Crippen LogP contribution in [0.4, 0.5) is 0 Å². The van der Waals surface area contributed by atoms with E-state index in [0.717, 1.165) is 48.8 Å². The van der Waals surface area contributed by atoms with E-state index in [1.54, 1.807) is 14.2 Å². The highest BCUT2D eigenvalue weighted by Crippen LogP contribution is 2.27. The van der Waals surface area contributed by atoms with Gasteiger partial charge in [0, 0.05) is 19.6 Å². The highest BCUT2D eigenvalue weighted by molar-refractivity contribution is 5.79. The Hall–Kier alpha value is -3.22. The number of nitrogens with one attached hydrogen (secondary N) is 2. The van der Waals surface area contributed by atoms with Crippen LogP contribution in [-0.4, -0.2) is 42.8 Å². The maximum atomic E-state index is 5.36. The van der Waals surface area contributed by atoms with Gasteiger partial charge in [0.15, 0.2) is 17.5 Å². The Morgan fingerprint density at radius 2 is 1.90 bits per heavy atom. The first-order chi connectivity index (χ1) is 14.2. The van der Waals surface area contributed by atoms with Gasteiger partial charge in [0.05, 0.1) is 38.1 Å². The van der Waals surface area contributed by atoms with Gasteiger partial charge in [0.2, 0.25) is 0 Å². The lowest BCUT2D eigenvalue weighted by Crippen LogP contribution is -2.38. The maximum Gasteiger partial charge on any atom is 0.191 e. The number of rotatable bonds is 9. The number of ether oxygens (including phenoxy) is 2. The predicted molar refractivity (Wildman–Crippen MR) is 117 cm³/mol. The van der Waals surface area contributed by atoms with Crippen LogP contribution < -0.4 is 20.1 Å². The topological polar surface area (TPSA) is 72.7 Å². The van der Waals surface area contributed by atoms with E-state index < -0.39 is 0 Å². The van der Waals surface area contributed by atoms with E-state index in [1.807, 2.05) is 42.7 Å². The van der Waals surface area contributed by atoms with Crippen molar-refractivity contribution in [1.82, 2.24) is 20.2 Å². The number of para-hydroxylation sites is 2. The van der Waals surface area contributed by atoms with Gasteiger partial charge in [-0.25, -0.2) is 9.98 Å². The average molecular weight is 396 g/mol. The first kappa shape index (κ1) is 20.5. The standard InChI is InChI=1S/C22H29N5O2/c1-4-23-22(25-15-17-10-11-20(28-2)21(14-17)29-3)24-12-7-13-27-16-26-18-8-5-6-9-19(18)27/h5-6,8-11,14,16H,4,7,12-13,15H2,1-3H3,(H2,23,24,25). The monoisotopic (exact) mass is 395 g/mol. The Morgan fingerprint density at radius 1 is 1.07 bits per heavy atom. The molecule has 0 radical (unpaired) electrons. The number of aryl methyl sites for hydroxylation is 1. The van der Waals surface area contributed by atoms with Crippen LogP contribution in [0.15, 0.2) is 53.8 Å². The van der Waals surface area contributed by atoms with Crippen LogP contribution in [0.5, 0.6) is 11.5 Å². The van der Waals surface area contributed by atoms with Crippen molar-refractivity contribution in [3.63, 3.8) is 0 Å². The van der Waals surface area contributed by atoms with Crippen molar-refractivity contribution < 1.29 is 9.47 Å². The molecule has 0 saturated heterocycles. The van der Waals surface area contributed by atoms with Gasteiger partial charge in [0.1, 0.15) is 0 Å². The second-order valence-electron chi connectivity index (χ2n) is 6.59. The number of hydrogen-bond donors (Lipinski definition) is 2. The summed E-state index contributed by atoms with van der Waals surface area (Å²) in [6, 6.07) is 14.0. The van der Waals surface area contributed by atoms with Crippen LogP contribution in [-0.2, 0) is 13.1 Å². The molecule has 0 aliphatic heterocycles. The Balaban J connectivity index is 1.54. The highest BCUT2D eigenvalue weighted by Gasteiger charge is 2.05. The predicted octanol–water partition coefficient (Wildman–Crippen LogP) is 3.20. The molecule has 0 fully saturated rings. The largest absolute Gasteiger partial charge is 0.493 e. The molecule has 2 N–H and O–H groups in total. The zero-order chi connectivity index (χ0) is 20.5. The van der Waals surface area contributed by atoms with Crippen molar-refractivity contribution >= 4 is 17.0 Å². The molecule has 7 nitrogen and oxygen atoms in total. The molecule has 1 aromatic heterocycles. The summed E-state index contributed by atoms with van der Waals surface area (Å²) < 4.78 is 12.8. The number of benzene rings is 2. The first-order valence-corrected chi connectivity index (χ1v) is 9.88. The van der Waals surface area contributed by atoms with Gasteiger partial charge in [-0.15, -0.1) is 0 Å². The summed E-state index contributed by atoms with van der Waals surface area (Å²) in [5.74, 6) is 2.24. The summed E-state index contributed by atoms with van der Waals surface area (Å²) in [7, 11) is 3.27. The highest BCUT2D eigenvalue weighted by atomic mass is 16.5. The molecule has 0 spiro atoms. The fourth-order valence-corrected chi connectivity index (χ4v) is 3.14. The van der Waals surface area contributed by atoms with E-state index in [1.165, 1.54) is 5.52 Å². The normalized spacial score (nSPS) is 11.5. The summed E-state index contributed by atoms with van der Waals surface area (Å²) >= 11 is 0. The number of aromatic nitrogens is 2. The number of methoxy groups -OCH3 is 2. The van der Waals surface area contributed by atoms with Crippen LogP contribution in [0.25, 0.3) is 11.0 Å². The number of imidazole rings is 1. The third kappa shape index (κ3) is 5.40. The minimum atomic E-state index is 0.557. The van der Waals surface area contributed by atoms with Gasteiger partial charge in [-0.05, 0) is 43.2 Å². The van der Waals surface area contributed by atoms with Crippen LogP contribution in [0.1, 0.15) is 18.9 Å². The Morgan fingerprint density at radius 3 is 2.69 bits per heavy atom. The Bertz CT molecular complexity index is 951. The third-order valence-electron chi connectivity index (χ3n) is 4.61. The molecular formula is C22H29N5O2. The summed E-state index contributed by atoms with van der Waals surface area (Å²) in [4.78, 5) is 9.12. The van der Waals surface area contributed by atoms with E-state index in [9.17, 15) is 0 Å². The van der Waals surface area contributed by atoms with Crippen molar-refractivity contribution in [2.45, 2.75) is 26.4 Å². The van der Waals surface area contributed by atoms with E-state index >= 15 is 0 Å². The van der Waals surface area contributed by atoms with E-state index in [2.05, 4.69) is 38.2 Å². The molecule has 3 aromatic rings. The molecule has 0 amide bonds. The smallest absolute Gasteiger partial charge is 0.191 e. The zero-order valence-corrected chi connectivity index (χ0v) is 17.3. The second kappa shape index (κ2) is 10.4. The van der Waals surface area contributed by atoms with Gasteiger partial charge in [0.25, 0.3) is 0 Å². The molecule has 1 heterocycles. The second-order valence-corrected chi connectivity index (χ2v) is 6.59. The SMILES string of the molecule is CCNC(=NCc1ccc(OC)c(OC)c1)NCCCn1cnc2ccccc21. The molecule has 0 saturated carbocycles. The van der Waals surface area contributed by atoms with Crippen molar-refractivity contribution in [3.8, 4) is 11.5 Å². The molecule has 7 heteroatoms. The molecule has 0 unspecified atom stereocenters. The summed E-state index contributed by atoms with van der Waals surface area (Å²) in [5.41, 5.74) is 3.26. The fraction of sp³-hybridized carbons (Fsp3) is 0.364. The first-order valence-electron chi connectivity index (χ1n) is 9.88. The Labute approximate surface area is 171 Å². The van der Waals surface area contributed by atoms with Crippen molar-refractivity contribution in [2.24, 2.45) is 4.99 Å². The van der Waals surface area contributed by atoms with Crippen molar-refractivity contribution in [3.05, 3.63) is 54.4 Å². The molecule has 2 aromatic carbocycles. The molecule has 3 rings (SSSR count). The molecule has 0 bridgehead atoms. The minimum absolute atomic E-state index is 0.557. The van der Waals surface area contributed by atoms with E-state index in [-0.39, 0.29) is 0 Å². The third-order valence-corrected chi connectivity index (χ3v) is 4.61. The van der Waals surface area contributed by atoms with Gasteiger partial charge in [-0.3, -0.25) is 0 Å². The quantitative estimate of drug-likeness (QED) is 0.331. The molecule has 29 heavy (non-hydrogen) atoms. The van der Waals surface area contributed by atoms with Gasteiger partial charge >= 0.3 is 0 Å². The lowest BCUT2D eigenvalue weighted by molar-refractivity contribution is 0.354. The molecular weight excluding hydrogens is 366 g/mol. The van der Waals surface area contributed by atoms with E-state index in [4.69, 9.17) is 9.47 Å². The van der Waals surface area contributed by atoms with Crippen LogP contribution in [0.2, 0.25) is 0 Å². The van der Waals surface area contributed by atoms with Crippen molar-refractivity contribution in [1.29, 1.82) is 0 Å². The number of fused-ring (bicyclic) bond motifs is 1. The lowest BCUT2D eigenvalue weighted by atomic mass is 10.2. The summed E-state index contributed by atoms with van der Waals surface area (Å²) in [5, 5.41) is 6.69. The zero-order valence-electron chi connectivity index (χ0n) is 17.3. The lowest BCUT2D eigenvalue weighted by Gasteiger charge is -2.12. The number of aliphatic imine (C=N–C) groups is 1. The average Bonchev–Trinajstić information content (AvgIpc) is 3.17. The maximum absolute atomic E-state index is 5.36. The van der Waals surface area contributed by atoms with Gasteiger partial charge in [-0.2, -0.15) is 0 Å². The van der Waals surface area contributed by atoms with Crippen LogP contribution in [0, 0.1) is 0 Å². The van der Waals surface area contributed by atoms with Gasteiger partial charge in [-0.1, -0.05) is 18.2 Å². The number of hydrogen-bond acceptors (Lipinski definition) is 4. The molecule has 0 atom stereocenters. The van der Waals surface area contributed by atoms with Crippen LogP contribution >= 0.6 is 0 Å². The fourth-order valence-electron chi connectivity index (χ4n) is 3.14. The minimum Gasteiger partial charge on any atom is -0.493 e. The summed E-state index contributed by atoms with van der Waals surface area (Å²) in [6.45, 7) is 5.16. The molecule has 0 aliphatic carbocycles. The van der Waals surface area contributed by atoms with Gasteiger partial charge < -0.3 is 24.7 Å². The van der Waals surface area contributed by atoms with Crippen molar-refractivity contribution in [2.75, 3.05) is 27.3 Å². The summed E-state index contributed by atoms with van der Waals surface area (Å²) in [6.07, 6.45) is 2.88.